The van der Waals surface area contributed by atoms with Crippen molar-refractivity contribution in [2.24, 2.45) is 0 Å². The molecule has 9 nitrogen and oxygen atoms in total. The van der Waals surface area contributed by atoms with Gasteiger partial charge in [0.2, 0.25) is 0 Å². The van der Waals surface area contributed by atoms with Crippen molar-refractivity contribution in [2.75, 3.05) is 0 Å². The van der Waals surface area contributed by atoms with Gasteiger partial charge in [-0.05, 0) is 25.1 Å². The van der Waals surface area contributed by atoms with E-state index in [1.807, 2.05) is 0 Å². The first-order chi connectivity index (χ1) is 15.0. The van der Waals surface area contributed by atoms with E-state index < -0.39 is 11.8 Å². The molecule has 2 N–H and O–H groups in total. The molecule has 156 valence electrons. The second-order valence-corrected chi connectivity index (χ2v) is 6.96. The van der Waals surface area contributed by atoms with Crippen molar-refractivity contribution in [2.45, 2.75) is 13.5 Å². The number of fused-ring (bicyclic) bond motifs is 1. The van der Waals surface area contributed by atoms with E-state index in [-0.39, 0.29) is 16.8 Å². The second-order valence-electron chi connectivity index (χ2n) is 6.55. The molecule has 0 spiro atoms. The summed E-state index contributed by atoms with van der Waals surface area (Å²) in [4.78, 5) is 37.6. The summed E-state index contributed by atoms with van der Waals surface area (Å²) in [6.45, 7) is 2.06. The van der Waals surface area contributed by atoms with Crippen molar-refractivity contribution < 1.29 is 9.59 Å². The lowest BCUT2D eigenvalue weighted by Gasteiger charge is -2.10. The molecule has 0 aliphatic carbocycles. The summed E-state index contributed by atoms with van der Waals surface area (Å²) in [6.07, 6.45) is 2.85. The van der Waals surface area contributed by atoms with Crippen LogP contribution in [0.15, 0.2) is 65.7 Å². The molecule has 4 rings (SSSR count). The highest BCUT2D eigenvalue weighted by Crippen LogP contribution is 2.19. The van der Waals surface area contributed by atoms with Crippen LogP contribution in [0.1, 0.15) is 27.8 Å². The van der Waals surface area contributed by atoms with Crippen molar-refractivity contribution in [3.63, 3.8) is 0 Å². The van der Waals surface area contributed by atoms with Gasteiger partial charge in [-0.1, -0.05) is 41.9 Å². The van der Waals surface area contributed by atoms with Gasteiger partial charge in [-0.2, -0.15) is 10.2 Å². The number of benzene rings is 2. The maximum atomic E-state index is 12.7. The molecule has 0 fully saturated rings. The van der Waals surface area contributed by atoms with Gasteiger partial charge in [0, 0.05) is 18.1 Å². The molecule has 2 amide bonds. The largest absolute Gasteiger partial charge is 0.290 e. The third-order valence-electron chi connectivity index (χ3n) is 4.62. The highest BCUT2D eigenvalue weighted by molar-refractivity contribution is 6.32. The molecule has 0 saturated carbocycles. The van der Waals surface area contributed by atoms with E-state index in [0.717, 1.165) is 0 Å². The molecule has 0 radical (unpaired) electrons. The molecular formula is C21H17ClN6O3. The van der Waals surface area contributed by atoms with E-state index >= 15 is 0 Å². The molecular weight excluding hydrogens is 420 g/mol. The number of halogens is 1. The number of carbonyl (C=O) groups excluding carboxylic acids is 2. The maximum Gasteiger partial charge on any atom is 0.290 e. The van der Waals surface area contributed by atoms with E-state index in [1.165, 1.54) is 21.8 Å². The predicted octanol–water partition coefficient (Wildman–Crippen LogP) is 2.33. The van der Waals surface area contributed by atoms with Gasteiger partial charge < -0.3 is 0 Å². The molecule has 4 aromatic rings. The number of rotatable bonds is 4. The Labute approximate surface area is 181 Å². The monoisotopic (exact) mass is 436 g/mol. The lowest BCUT2D eigenvalue weighted by Crippen LogP contribution is -2.42. The van der Waals surface area contributed by atoms with Crippen LogP contribution in [-0.2, 0) is 6.54 Å². The summed E-state index contributed by atoms with van der Waals surface area (Å²) in [5.74, 6) is -1.22. The first kappa shape index (κ1) is 20.3. The van der Waals surface area contributed by atoms with Gasteiger partial charge in [-0.3, -0.25) is 25.2 Å². The van der Waals surface area contributed by atoms with Gasteiger partial charge >= 0.3 is 0 Å². The maximum absolute atomic E-state index is 12.7. The zero-order chi connectivity index (χ0) is 22.0. The lowest BCUT2D eigenvalue weighted by atomic mass is 10.1. The van der Waals surface area contributed by atoms with Crippen molar-refractivity contribution in [1.82, 2.24) is 30.4 Å². The topological polar surface area (TPSA) is 111 Å². The molecule has 0 atom stereocenters. The minimum Gasteiger partial charge on any atom is -0.267 e. The molecule has 0 aliphatic rings. The highest BCUT2D eigenvalue weighted by Gasteiger charge is 2.18. The van der Waals surface area contributed by atoms with Gasteiger partial charge in [0.25, 0.3) is 17.4 Å². The summed E-state index contributed by atoms with van der Waals surface area (Å²) in [7, 11) is 0. The quantitative estimate of drug-likeness (QED) is 0.477. The van der Waals surface area contributed by atoms with Crippen LogP contribution in [0.3, 0.4) is 0 Å². The van der Waals surface area contributed by atoms with Crippen molar-refractivity contribution in [3.05, 3.63) is 87.6 Å². The number of hydrogen-bond acceptors (Lipinski definition) is 5. The number of hydrogen-bond donors (Lipinski definition) is 2. The van der Waals surface area contributed by atoms with Crippen LogP contribution >= 0.6 is 11.6 Å². The third-order valence-corrected chi connectivity index (χ3v) is 4.94. The SMILES string of the molecule is CCn1nc(C(=O)NNC(=O)c2cnn(-c3ccccc3Cl)c2)c2ccccc2c1=O. The molecule has 2 aromatic heterocycles. The van der Waals surface area contributed by atoms with Crippen LogP contribution in [-0.4, -0.2) is 31.4 Å². The fourth-order valence-electron chi connectivity index (χ4n) is 3.07. The van der Waals surface area contributed by atoms with Crippen molar-refractivity contribution >= 4 is 34.2 Å². The van der Waals surface area contributed by atoms with E-state index in [9.17, 15) is 14.4 Å². The molecule has 2 heterocycles. The van der Waals surface area contributed by atoms with Crippen LogP contribution in [0, 0.1) is 0 Å². The number of hydrazine groups is 1. The summed E-state index contributed by atoms with van der Waals surface area (Å²) in [6, 6.07) is 13.7. The van der Waals surface area contributed by atoms with Crippen molar-refractivity contribution in [3.8, 4) is 5.69 Å². The Balaban J connectivity index is 1.54. The Kier molecular flexibility index (Phi) is 5.50. The van der Waals surface area contributed by atoms with Gasteiger partial charge in [-0.25, -0.2) is 9.36 Å². The number of nitrogens with one attached hydrogen (secondary N) is 2. The van der Waals surface area contributed by atoms with Crippen LogP contribution in [0.2, 0.25) is 5.02 Å². The number of carbonyl (C=O) groups is 2. The Hall–Kier alpha value is -3.98. The molecule has 0 saturated heterocycles. The summed E-state index contributed by atoms with van der Waals surface area (Å²) < 4.78 is 2.66. The minimum atomic E-state index is -0.648. The minimum absolute atomic E-state index is 0.0316. The van der Waals surface area contributed by atoms with Crippen LogP contribution < -0.4 is 16.4 Å². The van der Waals surface area contributed by atoms with E-state index in [1.54, 1.807) is 55.5 Å². The predicted molar refractivity (Wildman–Crippen MR) is 115 cm³/mol. The number of aromatic nitrogens is 4. The normalized spacial score (nSPS) is 10.8. The van der Waals surface area contributed by atoms with Crippen molar-refractivity contribution in [1.29, 1.82) is 0 Å². The fourth-order valence-corrected chi connectivity index (χ4v) is 3.29. The van der Waals surface area contributed by atoms with Crippen LogP contribution in [0.5, 0.6) is 0 Å². The van der Waals surface area contributed by atoms with Gasteiger partial charge in [-0.15, -0.1) is 0 Å². The van der Waals surface area contributed by atoms with E-state index in [0.29, 0.717) is 28.0 Å². The first-order valence-corrected chi connectivity index (χ1v) is 9.77. The average Bonchev–Trinajstić information content (AvgIpc) is 3.28. The number of para-hydroxylation sites is 1. The molecule has 10 heteroatoms. The zero-order valence-electron chi connectivity index (χ0n) is 16.4. The Morgan fingerprint density at radius 3 is 2.42 bits per heavy atom. The van der Waals surface area contributed by atoms with Gasteiger partial charge in [0.15, 0.2) is 5.69 Å². The number of aryl methyl sites for hydroxylation is 1. The third kappa shape index (κ3) is 3.90. The van der Waals surface area contributed by atoms with E-state index in [2.05, 4.69) is 21.0 Å². The first-order valence-electron chi connectivity index (χ1n) is 9.39. The summed E-state index contributed by atoms with van der Waals surface area (Å²) in [5.41, 5.74) is 5.26. The molecule has 2 aromatic carbocycles. The van der Waals surface area contributed by atoms with Gasteiger partial charge in [0.1, 0.15) is 0 Å². The Morgan fingerprint density at radius 2 is 1.68 bits per heavy atom. The number of amides is 2. The Morgan fingerprint density at radius 1 is 1.00 bits per heavy atom. The second kappa shape index (κ2) is 8.41. The highest BCUT2D eigenvalue weighted by atomic mass is 35.5. The fraction of sp³-hybridized carbons (Fsp3) is 0.0952. The van der Waals surface area contributed by atoms with Crippen LogP contribution in [0.25, 0.3) is 16.5 Å². The molecule has 0 unspecified atom stereocenters. The molecule has 0 bridgehead atoms. The summed E-state index contributed by atoms with van der Waals surface area (Å²) in [5, 5.41) is 9.52. The molecule has 31 heavy (non-hydrogen) atoms. The molecule has 0 aliphatic heterocycles. The Bertz CT molecular complexity index is 1360. The average molecular weight is 437 g/mol. The zero-order valence-corrected chi connectivity index (χ0v) is 17.1. The van der Waals surface area contributed by atoms with E-state index in [4.69, 9.17) is 11.6 Å². The lowest BCUT2D eigenvalue weighted by molar-refractivity contribution is 0.0843. The standard InChI is InChI=1S/C21H17ClN6O3/c1-2-27-21(31)15-8-4-3-7-14(15)18(26-27)20(30)25-24-19(29)13-11-23-28(12-13)17-10-6-5-9-16(17)22/h3-12H,2H2,1H3,(H,24,29)(H,25,30). The van der Waals surface area contributed by atoms with Crippen LogP contribution in [0.4, 0.5) is 0 Å². The smallest absolute Gasteiger partial charge is 0.267 e. The summed E-state index contributed by atoms with van der Waals surface area (Å²) >= 11 is 6.15. The number of nitrogens with zero attached hydrogens (tertiary/aromatic N) is 4. The van der Waals surface area contributed by atoms with Gasteiger partial charge in [0.05, 0.1) is 27.9 Å².